The number of hydrogen-bond acceptors (Lipinski definition) is 3. The molecule has 0 radical (unpaired) electrons. The zero-order valence-electron chi connectivity index (χ0n) is 12.6. The van der Waals surface area contributed by atoms with Gasteiger partial charge in [-0.1, -0.05) is 23.2 Å². The van der Waals surface area contributed by atoms with Gasteiger partial charge in [-0.2, -0.15) is 5.10 Å². The molecule has 2 aromatic rings. The average Bonchev–Trinajstić information content (AvgIpc) is 2.92. The van der Waals surface area contributed by atoms with Gasteiger partial charge in [-0.25, -0.2) is 17.6 Å². The van der Waals surface area contributed by atoms with E-state index >= 15 is 0 Å². The van der Waals surface area contributed by atoms with Crippen LogP contribution in [-0.2, 0) is 6.54 Å². The first-order chi connectivity index (χ1) is 12.1. The van der Waals surface area contributed by atoms with Crippen molar-refractivity contribution in [3.8, 4) is 0 Å². The van der Waals surface area contributed by atoms with Crippen LogP contribution in [0.4, 0.5) is 23.2 Å². The van der Waals surface area contributed by atoms with Crippen molar-refractivity contribution in [3.05, 3.63) is 45.2 Å². The Morgan fingerprint density at radius 3 is 2.38 bits per heavy atom. The second-order valence-corrected chi connectivity index (χ2v) is 5.80. The highest BCUT2D eigenvalue weighted by Gasteiger charge is 2.24. The van der Waals surface area contributed by atoms with Crippen LogP contribution < -0.4 is 11.1 Å². The number of anilines is 1. The second kappa shape index (κ2) is 7.92. The summed E-state index contributed by atoms with van der Waals surface area (Å²) in [4.78, 5) is 23.8. The fourth-order valence-corrected chi connectivity index (χ4v) is 2.61. The van der Waals surface area contributed by atoms with Gasteiger partial charge in [0.1, 0.15) is 17.9 Å². The monoisotopic (exact) mass is 412 g/mol. The number of primary amides is 1. The fourth-order valence-electron chi connectivity index (χ4n) is 2.07. The number of nitrogens with one attached hydrogen (secondary N) is 1. The van der Waals surface area contributed by atoms with Crippen LogP contribution in [0, 0.1) is 0 Å². The summed E-state index contributed by atoms with van der Waals surface area (Å²) in [5.74, 6) is -2.06. The molecule has 12 heteroatoms. The minimum Gasteiger partial charge on any atom is -0.366 e. The van der Waals surface area contributed by atoms with E-state index in [-0.39, 0.29) is 21.3 Å². The second-order valence-electron chi connectivity index (χ2n) is 4.96. The standard InChI is InChI=1S/C14H10Cl2F4N4O2/c15-5-1-6(13(21)25)11(7(16)2-5)22-14(26)9-3-8(12(19)20)23-24(9)4-10(17)18/h1-3,10,12H,4H2,(H2,21,25)(H,22,26). The molecule has 3 N–H and O–H groups in total. The lowest BCUT2D eigenvalue weighted by Gasteiger charge is -2.12. The summed E-state index contributed by atoms with van der Waals surface area (Å²) >= 11 is 11.7. The molecule has 0 aliphatic carbocycles. The Balaban J connectivity index is 2.44. The van der Waals surface area contributed by atoms with E-state index in [4.69, 9.17) is 28.9 Å². The van der Waals surface area contributed by atoms with Crippen molar-refractivity contribution in [2.24, 2.45) is 5.73 Å². The molecule has 0 unspecified atom stereocenters. The molecule has 6 nitrogen and oxygen atoms in total. The van der Waals surface area contributed by atoms with Crippen LogP contribution in [0.5, 0.6) is 0 Å². The van der Waals surface area contributed by atoms with Gasteiger partial charge >= 0.3 is 0 Å². The SMILES string of the molecule is NC(=O)c1cc(Cl)cc(Cl)c1NC(=O)c1cc(C(F)F)nn1CC(F)F. The first-order valence-corrected chi connectivity index (χ1v) is 7.60. The largest absolute Gasteiger partial charge is 0.366 e. The van der Waals surface area contributed by atoms with E-state index in [1.54, 1.807) is 0 Å². The Kier molecular flexibility index (Phi) is 6.09. The lowest BCUT2D eigenvalue weighted by Crippen LogP contribution is -2.22. The molecule has 0 saturated heterocycles. The number of hydrogen-bond donors (Lipinski definition) is 2. The van der Waals surface area contributed by atoms with Gasteiger partial charge in [0.15, 0.2) is 0 Å². The number of nitrogens with zero attached hydrogens (tertiary/aromatic N) is 2. The number of alkyl halides is 4. The van der Waals surface area contributed by atoms with Crippen LogP contribution in [0.15, 0.2) is 18.2 Å². The van der Waals surface area contributed by atoms with Crippen molar-refractivity contribution in [2.75, 3.05) is 5.32 Å². The lowest BCUT2D eigenvalue weighted by molar-refractivity contribution is 0.0986. The first kappa shape index (κ1) is 20.0. The van der Waals surface area contributed by atoms with Crippen molar-refractivity contribution in [3.63, 3.8) is 0 Å². The normalized spacial score (nSPS) is 11.2. The Bertz CT molecular complexity index is 858. The zero-order valence-corrected chi connectivity index (χ0v) is 14.2. The lowest BCUT2D eigenvalue weighted by atomic mass is 10.1. The zero-order chi connectivity index (χ0) is 19.6. The molecule has 0 spiro atoms. The molecule has 0 atom stereocenters. The Morgan fingerprint density at radius 2 is 1.85 bits per heavy atom. The highest BCUT2D eigenvalue weighted by Crippen LogP contribution is 2.31. The Hall–Kier alpha value is -2.33. The van der Waals surface area contributed by atoms with E-state index < -0.39 is 42.6 Å². The number of rotatable bonds is 6. The molecule has 1 aromatic heterocycles. The summed E-state index contributed by atoms with van der Waals surface area (Å²) in [6, 6.07) is 2.99. The van der Waals surface area contributed by atoms with E-state index in [0.717, 1.165) is 6.07 Å². The summed E-state index contributed by atoms with van der Waals surface area (Å²) in [5, 5.41) is 5.38. The molecular weight excluding hydrogens is 403 g/mol. The number of amides is 2. The van der Waals surface area contributed by atoms with Gasteiger partial charge < -0.3 is 11.1 Å². The molecule has 0 bridgehead atoms. The maximum atomic E-state index is 12.8. The van der Waals surface area contributed by atoms with Crippen molar-refractivity contribution < 1.29 is 27.2 Å². The number of aromatic nitrogens is 2. The smallest absolute Gasteiger partial charge is 0.282 e. The third-order valence-corrected chi connectivity index (χ3v) is 3.64. The maximum absolute atomic E-state index is 12.8. The molecular formula is C14H10Cl2F4N4O2. The average molecular weight is 413 g/mol. The van der Waals surface area contributed by atoms with E-state index in [9.17, 15) is 27.2 Å². The molecule has 0 fully saturated rings. The molecule has 2 rings (SSSR count). The van der Waals surface area contributed by atoms with E-state index in [1.165, 1.54) is 6.07 Å². The number of carbonyl (C=O) groups excluding carboxylic acids is 2. The topological polar surface area (TPSA) is 90.0 Å². The van der Waals surface area contributed by atoms with E-state index in [2.05, 4.69) is 10.4 Å². The molecule has 0 saturated carbocycles. The minimum atomic E-state index is -3.07. The Morgan fingerprint density at radius 1 is 1.19 bits per heavy atom. The molecule has 0 aliphatic rings. The van der Waals surface area contributed by atoms with Crippen LogP contribution in [0.3, 0.4) is 0 Å². The molecule has 1 aromatic carbocycles. The van der Waals surface area contributed by atoms with Crippen molar-refractivity contribution in [2.45, 2.75) is 19.4 Å². The third kappa shape index (κ3) is 4.44. The molecule has 1 heterocycles. The first-order valence-electron chi connectivity index (χ1n) is 6.84. The summed E-state index contributed by atoms with van der Waals surface area (Å²) in [6.45, 7) is -1.08. The molecule has 2 amide bonds. The highest BCUT2D eigenvalue weighted by atomic mass is 35.5. The predicted molar refractivity (Wildman–Crippen MR) is 86.1 cm³/mol. The summed E-state index contributed by atoms with van der Waals surface area (Å²) in [5.41, 5.74) is 3.28. The number of benzene rings is 1. The van der Waals surface area contributed by atoms with Gasteiger partial charge in [-0.15, -0.1) is 0 Å². The van der Waals surface area contributed by atoms with Crippen molar-refractivity contribution in [1.82, 2.24) is 9.78 Å². The Labute approximate surface area is 153 Å². The van der Waals surface area contributed by atoms with Gasteiger partial charge in [0.25, 0.3) is 24.7 Å². The van der Waals surface area contributed by atoms with Gasteiger partial charge in [-0.3, -0.25) is 14.3 Å². The molecule has 26 heavy (non-hydrogen) atoms. The van der Waals surface area contributed by atoms with Gasteiger partial charge in [0.2, 0.25) is 0 Å². The van der Waals surface area contributed by atoms with Crippen LogP contribution in [0.25, 0.3) is 0 Å². The predicted octanol–water partition coefficient (Wildman–Crippen LogP) is 3.74. The number of halogens is 6. The van der Waals surface area contributed by atoms with Gasteiger partial charge in [0.05, 0.1) is 16.3 Å². The quantitative estimate of drug-likeness (QED) is 0.707. The summed E-state index contributed by atoms with van der Waals surface area (Å²) in [6.07, 6.45) is -6.01. The summed E-state index contributed by atoms with van der Waals surface area (Å²) < 4.78 is 51.2. The maximum Gasteiger partial charge on any atom is 0.282 e. The van der Waals surface area contributed by atoms with Gasteiger partial charge in [-0.05, 0) is 18.2 Å². The van der Waals surface area contributed by atoms with E-state index in [0.29, 0.717) is 10.7 Å². The summed E-state index contributed by atoms with van der Waals surface area (Å²) in [7, 11) is 0. The van der Waals surface area contributed by atoms with Crippen molar-refractivity contribution >= 4 is 40.7 Å². The van der Waals surface area contributed by atoms with Crippen LogP contribution >= 0.6 is 23.2 Å². The third-order valence-electron chi connectivity index (χ3n) is 3.13. The van der Waals surface area contributed by atoms with E-state index in [1.807, 2.05) is 0 Å². The van der Waals surface area contributed by atoms with Crippen LogP contribution in [0.2, 0.25) is 10.0 Å². The number of nitrogens with two attached hydrogens (primary N) is 1. The van der Waals surface area contributed by atoms with Gasteiger partial charge in [0, 0.05) is 5.02 Å². The minimum absolute atomic E-state index is 0.0597. The fraction of sp³-hybridized carbons (Fsp3) is 0.214. The highest BCUT2D eigenvalue weighted by molar-refractivity contribution is 6.38. The van der Waals surface area contributed by atoms with Crippen molar-refractivity contribution in [1.29, 1.82) is 0 Å². The molecule has 140 valence electrons. The molecule has 0 aliphatic heterocycles. The number of carbonyl (C=O) groups is 2. The van der Waals surface area contributed by atoms with Crippen LogP contribution in [-0.4, -0.2) is 28.0 Å². The van der Waals surface area contributed by atoms with Crippen LogP contribution in [0.1, 0.15) is 33.0 Å².